The van der Waals surface area contributed by atoms with Crippen molar-refractivity contribution in [2.45, 2.75) is 66.7 Å². The fraction of sp³-hybridized carbons (Fsp3) is 0.200. The molecular formula is C50H55N10Y5-5. The minimum absolute atomic E-state index is 0. The molecule has 10 rings (SSSR count). The van der Waals surface area contributed by atoms with Crippen molar-refractivity contribution in [3.05, 3.63) is 214 Å². The SMILES string of the molecule is [CH2-]c1cc(CC)n2cccc2n1.[CH2-]c1cc2cccn2c(CC)n1.[CH2-]c1cn2cccc2c(CC)n1.[CH2-]c1nc(CC)cc2cccn12.[CH2-]c1nc(CC)cn2cccc12.[Y].[Y].[Y].[Y].[Y]. The van der Waals surface area contributed by atoms with Crippen LogP contribution in [0.15, 0.2) is 122 Å². The van der Waals surface area contributed by atoms with Crippen LogP contribution in [0.2, 0.25) is 0 Å². The van der Waals surface area contributed by atoms with Gasteiger partial charge in [-0.05, 0) is 97.9 Å². The Balaban J connectivity index is 0.000000399. The van der Waals surface area contributed by atoms with Crippen molar-refractivity contribution in [1.29, 1.82) is 0 Å². The molecule has 5 radical (unpaired) electrons. The van der Waals surface area contributed by atoms with Crippen molar-refractivity contribution >= 4 is 27.7 Å². The van der Waals surface area contributed by atoms with E-state index in [1.807, 2.05) is 102 Å². The first-order chi connectivity index (χ1) is 29.0. The van der Waals surface area contributed by atoms with Gasteiger partial charge in [-0.2, -0.15) is 12.1 Å². The van der Waals surface area contributed by atoms with E-state index in [9.17, 15) is 0 Å². The average molecular weight is 1240 g/mol. The Labute approximate surface area is 511 Å². The topological polar surface area (TPSA) is 86.5 Å². The third kappa shape index (κ3) is 16.2. The normalized spacial score (nSPS) is 9.92. The number of aryl methyl sites for hydroxylation is 5. The largest absolute Gasteiger partial charge is 0.401 e. The molecule has 0 bridgehead atoms. The molecular weight excluding hydrogens is 1190 g/mol. The molecule has 10 aromatic rings. The van der Waals surface area contributed by atoms with Crippen molar-refractivity contribution in [2.75, 3.05) is 0 Å². The Hall–Kier alpha value is -1.68. The third-order valence-electron chi connectivity index (χ3n) is 9.94. The summed E-state index contributed by atoms with van der Waals surface area (Å²) in [5.41, 5.74) is 13.6. The van der Waals surface area contributed by atoms with Crippen molar-refractivity contribution in [3.63, 3.8) is 0 Å². The van der Waals surface area contributed by atoms with E-state index in [0.717, 1.165) is 94.8 Å². The Morgan fingerprint density at radius 3 is 1.65 bits per heavy atom. The standard InChI is InChI=1S/5C10H11N2.5Y/c1-3-9-7-12-6-4-5-10(12)8(2)11-9;1-3-9-7-10-5-4-6-12(10)8(2)11-9;1-3-10-11-8(2)7-9-5-4-6-12(9)10;1-3-9-10-5-4-6-12(10)7-8(2)11-9;1-3-9-7-8(2)11-10-5-4-6-12(9)10;;;;;/h5*4-7H,2-3H2,1H3;;;;;/q5*-1;;;;;. The Morgan fingerprint density at radius 1 is 0.446 bits per heavy atom. The Morgan fingerprint density at radius 2 is 1.02 bits per heavy atom. The number of fused-ring (bicyclic) bond motifs is 5. The average Bonchev–Trinajstić information content (AvgIpc) is 4.10. The first-order valence-electron chi connectivity index (χ1n) is 20.5. The molecule has 0 aliphatic heterocycles. The fourth-order valence-corrected chi connectivity index (χ4v) is 6.96. The van der Waals surface area contributed by atoms with Gasteiger partial charge in [0.15, 0.2) is 0 Å². The molecule has 65 heavy (non-hydrogen) atoms. The van der Waals surface area contributed by atoms with Gasteiger partial charge in [-0.1, -0.05) is 80.7 Å². The van der Waals surface area contributed by atoms with E-state index < -0.39 is 0 Å². The van der Waals surface area contributed by atoms with Crippen molar-refractivity contribution in [3.8, 4) is 0 Å². The molecule has 10 aromatic heterocycles. The van der Waals surface area contributed by atoms with Crippen molar-refractivity contribution < 1.29 is 164 Å². The number of hydrogen-bond acceptors (Lipinski definition) is 5. The van der Waals surface area contributed by atoms with E-state index in [2.05, 4.69) is 136 Å². The first-order valence-corrected chi connectivity index (χ1v) is 20.5. The van der Waals surface area contributed by atoms with Gasteiger partial charge in [-0.25, -0.2) is 27.7 Å². The summed E-state index contributed by atoms with van der Waals surface area (Å²) in [5.74, 6) is 1.89. The molecule has 10 nitrogen and oxygen atoms in total. The van der Waals surface area contributed by atoms with Gasteiger partial charge < -0.3 is 28.9 Å². The minimum Gasteiger partial charge on any atom is -0.401 e. The molecule has 15 heteroatoms. The summed E-state index contributed by atoms with van der Waals surface area (Å²) in [6.07, 6.45) is 18.9. The molecule has 0 amide bonds. The van der Waals surface area contributed by atoms with E-state index in [1.54, 1.807) is 0 Å². The van der Waals surface area contributed by atoms with Crippen molar-refractivity contribution in [1.82, 2.24) is 46.9 Å². The first kappa shape index (κ1) is 61.3. The molecule has 0 fully saturated rings. The van der Waals surface area contributed by atoms with Crippen molar-refractivity contribution in [2.24, 2.45) is 0 Å². The van der Waals surface area contributed by atoms with E-state index in [0.29, 0.717) is 0 Å². The van der Waals surface area contributed by atoms with Gasteiger partial charge in [0.2, 0.25) is 0 Å². The summed E-state index contributed by atoms with van der Waals surface area (Å²) < 4.78 is 10.3. The zero-order chi connectivity index (χ0) is 42.8. The zero-order valence-electron chi connectivity index (χ0n) is 38.5. The van der Waals surface area contributed by atoms with Crippen LogP contribution < -0.4 is 0 Å². The second-order valence-corrected chi connectivity index (χ2v) is 14.1. The molecule has 0 unspecified atom stereocenters. The van der Waals surface area contributed by atoms with Crippen LogP contribution in [-0.4, -0.2) is 46.9 Å². The fourth-order valence-electron chi connectivity index (χ4n) is 6.96. The molecule has 10 heterocycles. The van der Waals surface area contributed by atoms with E-state index in [-0.39, 0.29) is 164 Å². The van der Waals surface area contributed by atoms with E-state index >= 15 is 0 Å². The van der Waals surface area contributed by atoms with Crippen LogP contribution in [0.25, 0.3) is 27.7 Å². The summed E-state index contributed by atoms with van der Waals surface area (Å²) in [7, 11) is 0. The zero-order valence-corrected chi connectivity index (χ0v) is 52.7. The summed E-state index contributed by atoms with van der Waals surface area (Å²) in [4.78, 5) is 21.7. The molecule has 0 aliphatic rings. The quantitative estimate of drug-likeness (QED) is 0.160. The van der Waals surface area contributed by atoms with Gasteiger partial charge in [0.05, 0.1) is 16.9 Å². The van der Waals surface area contributed by atoms with Crippen LogP contribution in [0.3, 0.4) is 0 Å². The molecule has 0 saturated carbocycles. The smallest absolute Gasteiger partial charge is 0.132 e. The van der Waals surface area contributed by atoms with Crippen LogP contribution in [0.1, 0.15) is 91.8 Å². The van der Waals surface area contributed by atoms with Gasteiger partial charge >= 0.3 is 0 Å². The predicted octanol–water partition coefficient (Wildman–Crippen LogP) is 10.4. The van der Waals surface area contributed by atoms with Crippen LogP contribution in [0.4, 0.5) is 0 Å². The third-order valence-corrected chi connectivity index (χ3v) is 9.94. The molecule has 0 aliphatic carbocycles. The molecule has 0 spiro atoms. The predicted molar refractivity (Wildman–Crippen MR) is 245 cm³/mol. The maximum Gasteiger partial charge on any atom is 0.132 e. The summed E-state index contributed by atoms with van der Waals surface area (Å²) in [6, 6.07) is 26.4. The number of nitrogens with zero attached hydrogens (tertiary/aromatic N) is 10. The van der Waals surface area contributed by atoms with E-state index in [4.69, 9.17) is 0 Å². The number of rotatable bonds is 5. The summed E-state index contributed by atoms with van der Waals surface area (Å²) in [6.45, 7) is 29.8. The van der Waals surface area contributed by atoms with Gasteiger partial charge in [0.25, 0.3) is 0 Å². The van der Waals surface area contributed by atoms with Gasteiger partial charge in [-0.3, -0.25) is 24.9 Å². The maximum atomic E-state index is 4.36. The molecule has 0 N–H and O–H groups in total. The molecule has 0 atom stereocenters. The summed E-state index contributed by atoms with van der Waals surface area (Å²) >= 11 is 0. The van der Waals surface area contributed by atoms with Gasteiger partial charge in [-0.15, -0.1) is 12.3 Å². The second-order valence-electron chi connectivity index (χ2n) is 14.1. The van der Waals surface area contributed by atoms with Crippen LogP contribution >= 0.6 is 0 Å². The molecule has 0 saturated heterocycles. The van der Waals surface area contributed by atoms with Crippen LogP contribution in [0.5, 0.6) is 0 Å². The number of aromatic nitrogens is 10. The second kappa shape index (κ2) is 30.0. The van der Waals surface area contributed by atoms with Crippen LogP contribution in [0, 0.1) is 34.6 Å². The van der Waals surface area contributed by atoms with Gasteiger partial charge in [0, 0.05) is 206 Å². The monoisotopic (exact) mass is 1240 g/mol. The number of hydrogen-bond donors (Lipinski definition) is 0. The Kier molecular flexibility index (Phi) is 28.3. The molecule has 0 aromatic carbocycles. The molecule has 325 valence electrons. The van der Waals surface area contributed by atoms with Gasteiger partial charge in [0.1, 0.15) is 11.5 Å². The minimum atomic E-state index is 0. The van der Waals surface area contributed by atoms with E-state index in [1.165, 1.54) is 22.2 Å². The Bertz CT molecular complexity index is 2690. The summed E-state index contributed by atoms with van der Waals surface area (Å²) in [5, 5.41) is 0. The maximum absolute atomic E-state index is 4.36. The van der Waals surface area contributed by atoms with Crippen LogP contribution in [-0.2, 0) is 196 Å².